The first kappa shape index (κ1) is 18.0. The standard InChI is InChI=1S/C14H14ClN3O5S/c1-7-11(12(8(2)23-7)24(16,21)22)14(20)18-17-13(19)9-4-3-5-10(15)6-9/h3-6H,1-2H3,(H,17,19)(H,18,20)(H2,16,21,22). The van der Waals surface area contributed by atoms with Gasteiger partial charge < -0.3 is 4.42 Å². The van der Waals surface area contributed by atoms with E-state index in [0.29, 0.717) is 5.02 Å². The summed E-state index contributed by atoms with van der Waals surface area (Å²) in [5.41, 5.74) is 4.24. The number of hydrogen-bond donors (Lipinski definition) is 3. The second kappa shape index (κ2) is 6.63. The van der Waals surface area contributed by atoms with Gasteiger partial charge in [0.05, 0.1) is 0 Å². The van der Waals surface area contributed by atoms with Gasteiger partial charge in [-0.3, -0.25) is 20.4 Å². The van der Waals surface area contributed by atoms with E-state index in [1.807, 2.05) is 0 Å². The molecule has 0 saturated carbocycles. The summed E-state index contributed by atoms with van der Waals surface area (Å²) >= 11 is 5.78. The van der Waals surface area contributed by atoms with Crippen LogP contribution >= 0.6 is 11.6 Å². The van der Waals surface area contributed by atoms with Crippen molar-refractivity contribution in [3.05, 3.63) is 51.9 Å². The fraction of sp³-hybridized carbons (Fsp3) is 0.143. The zero-order chi connectivity index (χ0) is 18.1. The number of nitrogens with one attached hydrogen (secondary N) is 2. The highest BCUT2D eigenvalue weighted by Crippen LogP contribution is 2.25. The lowest BCUT2D eigenvalue weighted by Crippen LogP contribution is -2.42. The fourth-order valence-electron chi connectivity index (χ4n) is 2.15. The van der Waals surface area contributed by atoms with Crippen molar-refractivity contribution >= 4 is 33.4 Å². The molecule has 0 spiro atoms. The molecular weight excluding hydrogens is 358 g/mol. The molecule has 1 heterocycles. The maximum Gasteiger partial charge on any atom is 0.274 e. The molecule has 0 fully saturated rings. The summed E-state index contributed by atoms with van der Waals surface area (Å²) in [5, 5.41) is 5.46. The minimum Gasteiger partial charge on any atom is -0.464 e. The Hall–Kier alpha value is -2.36. The van der Waals surface area contributed by atoms with Crippen LogP contribution in [0.2, 0.25) is 5.02 Å². The van der Waals surface area contributed by atoms with Crippen LogP contribution in [0, 0.1) is 13.8 Å². The van der Waals surface area contributed by atoms with E-state index < -0.39 is 26.7 Å². The van der Waals surface area contributed by atoms with Gasteiger partial charge in [0.25, 0.3) is 11.8 Å². The molecule has 0 unspecified atom stereocenters. The van der Waals surface area contributed by atoms with Gasteiger partial charge >= 0.3 is 0 Å². The molecule has 0 aliphatic carbocycles. The molecule has 2 aromatic rings. The summed E-state index contributed by atoms with van der Waals surface area (Å²) in [7, 11) is -4.17. The van der Waals surface area contributed by atoms with E-state index in [2.05, 4.69) is 10.9 Å². The van der Waals surface area contributed by atoms with Gasteiger partial charge in [0.15, 0.2) is 0 Å². The van der Waals surface area contributed by atoms with Crippen molar-refractivity contribution in [3.8, 4) is 0 Å². The predicted octanol–water partition coefficient (Wildman–Crippen LogP) is 1.27. The quantitative estimate of drug-likeness (QED) is 0.699. The van der Waals surface area contributed by atoms with Gasteiger partial charge in [-0.05, 0) is 32.0 Å². The topological polar surface area (TPSA) is 132 Å². The molecule has 2 amide bonds. The summed E-state index contributed by atoms with van der Waals surface area (Å²) in [4.78, 5) is 23.7. The number of carbonyl (C=O) groups excluding carboxylic acids is 2. The number of halogens is 1. The Morgan fingerprint density at radius 1 is 1.12 bits per heavy atom. The highest BCUT2D eigenvalue weighted by Gasteiger charge is 2.28. The summed E-state index contributed by atoms with van der Waals surface area (Å²) < 4.78 is 28.4. The molecule has 0 bridgehead atoms. The minimum atomic E-state index is -4.17. The van der Waals surface area contributed by atoms with Crippen molar-refractivity contribution in [1.29, 1.82) is 0 Å². The second-order valence-electron chi connectivity index (χ2n) is 4.88. The molecule has 0 saturated heterocycles. The Morgan fingerprint density at radius 2 is 1.75 bits per heavy atom. The number of amides is 2. The highest BCUT2D eigenvalue weighted by molar-refractivity contribution is 7.89. The number of hydrazine groups is 1. The van der Waals surface area contributed by atoms with Gasteiger partial charge in [-0.1, -0.05) is 17.7 Å². The van der Waals surface area contributed by atoms with Crippen molar-refractivity contribution in [1.82, 2.24) is 10.9 Å². The van der Waals surface area contributed by atoms with E-state index in [1.165, 1.54) is 26.0 Å². The van der Waals surface area contributed by atoms with Gasteiger partial charge in [-0.25, -0.2) is 13.6 Å². The lowest BCUT2D eigenvalue weighted by atomic mass is 10.2. The molecule has 24 heavy (non-hydrogen) atoms. The van der Waals surface area contributed by atoms with Crippen LogP contribution in [-0.4, -0.2) is 20.2 Å². The number of furan rings is 1. The number of primary sulfonamides is 1. The number of nitrogens with two attached hydrogens (primary N) is 1. The average Bonchev–Trinajstić information content (AvgIpc) is 2.79. The summed E-state index contributed by atoms with van der Waals surface area (Å²) in [6, 6.07) is 6.07. The third-order valence-electron chi connectivity index (χ3n) is 3.09. The van der Waals surface area contributed by atoms with E-state index in [0.717, 1.165) is 0 Å². The van der Waals surface area contributed by atoms with Crippen LogP contribution in [0.15, 0.2) is 33.6 Å². The number of sulfonamides is 1. The maximum atomic E-state index is 12.2. The second-order valence-corrected chi connectivity index (χ2v) is 6.82. The van der Waals surface area contributed by atoms with Crippen molar-refractivity contribution in [2.24, 2.45) is 5.14 Å². The zero-order valence-electron chi connectivity index (χ0n) is 12.7. The third-order valence-corrected chi connectivity index (χ3v) is 4.39. The monoisotopic (exact) mass is 371 g/mol. The summed E-state index contributed by atoms with van der Waals surface area (Å²) in [6.45, 7) is 2.78. The Balaban J connectivity index is 2.21. The highest BCUT2D eigenvalue weighted by atomic mass is 35.5. The normalized spacial score (nSPS) is 11.2. The Labute approximate surface area is 143 Å². The Morgan fingerprint density at radius 3 is 2.33 bits per heavy atom. The van der Waals surface area contributed by atoms with Crippen LogP contribution in [0.4, 0.5) is 0 Å². The van der Waals surface area contributed by atoms with Crippen LogP contribution in [0.5, 0.6) is 0 Å². The van der Waals surface area contributed by atoms with E-state index in [9.17, 15) is 18.0 Å². The molecule has 10 heteroatoms. The average molecular weight is 372 g/mol. The van der Waals surface area contributed by atoms with Gasteiger partial charge in [-0.15, -0.1) is 0 Å². The molecule has 1 aromatic carbocycles. The van der Waals surface area contributed by atoms with E-state index in [4.69, 9.17) is 21.2 Å². The largest absolute Gasteiger partial charge is 0.464 e. The molecule has 4 N–H and O–H groups in total. The van der Waals surface area contributed by atoms with Crippen molar-refractivity contribution in [3.63, 3.8) is 0 Å². The number of hydrogen-bond acceptors (Lipinski definition) is 5. The molecule has 0 aliphatic heterocycles. The zero-order valence-corrected chi connectivity index (χ0v) is 14.3. The molecular formula is C14H14ClN3O5S. The predicted molar refractivity (Wildman–Crippen MR) is 85.9 cm³/mol. The Kier molecular flexibility index (Phi) is 4.97. The van der Waals surface area contributed by atoms with Gasteiger partial charge in [0, 0.05) is 10.6 Å². The Bertz CT molecular complexity index is 920. The molecule has 1 aromatic heterocycles. The molecule has 8 nitrogen and oxygen atoms in total. The van der Waals surface area contributed by atoms with Gasteiger partial charge in [0.1, 0.15) is 22.0 Å². The fourth-order valence-corrected chi connectivity index (χ4v) is 3.30. The first-order valence-electron chi connectivity index (χ1n) is 6.60. The van der Waals surface area contributed by atoms with Gasteiger partial charge in [-0.2, -0.15) is 0 Å². The molecule has 0 atom stereocenters. The maximum absolute atomic E-state index is 12.2. The van der Waals surface area contributed by atoms with Crippen LogP contribution < -0.4 is 16.0 Å². The first-order valence-corrected chi connectivity index (χ1v) is 8.52. The molecule has 128 valence electrons. The van der Waals surface area contributed by atoms with E-state index >= 15 is 0 Å². The van der Waals surface area contributed by atoms with E-state index in [-0.39, 0.29) is 22.6 Å². The minimum absolute atomic E-state index is 0.0127. The SMILES string of the molecule is Cc1oc(C)c(S(N)(=O)=O)c1C(=O)NNC(=O)c1cccc(Cl)c1. The molecule has 2 rings (SSSR count). The van der Waals surface area contributed by atoms with Crippen molar-refractivity contribution in [2.45, 2.75) is 18.7 Å². The number of aryl methyl sites for hydroxylation is 2. The van der Waals surface area contributed by atoms with Crippen LogP contribution in [0.3, 0.4) is 0 Å². The smallest absolute Gasteiger partial charge is 0.274 e. The molecule has 0 radical (unpaired) electrons. The number of rotatable bonds is 3. The summed E-state index contributed by atoms with van der Waals surface area (Å²) in [6.07, 6.45) is 0. The lowest BCUT2D eigenvalue weighted by Gasteiger charge is -2.08. The summed E-state index contributed by atoms with van der Waals surface area (Å²) in [5.74, 6) is -1.45. The molecule has 0 aliphatic rings. The van der Waals surface area contributed by atoms with Crippen molar-refractivity contribution in [2.75, 3.05) is 0 Å². The van der Waals surface area contributed by atoms with Crippen molar-refractivity contribution < 1.29 is 22.4 Å². The lowest BCUT2D eigenvalue weighted by molar-refractivity contribution is 0.0844. The van der Waals surface area contributed by atoms with E-state index in [1.54, 1.807) is 12.1 Å². The first-order chi connectivity index (χ1) is 11.1. The number of benzene rings is 1. The van der Waals surface area contributed by atoms with Crippen LogP contribution in [0.25, 0.3) is 0 Å². The van der Waals surface area contributed by atoms with Gasteiger partial charge in [0.2, 0.25) is 10.0 Å². The third kappa shape index (κ3) is 3.75. The number of carbonyl (C=O) groups is 2. The van der Waals surface area contributed by atoms with Crippen LogP contribution in [-0.2, 0) is 10.0 Å². The van der Waals surface area contributed by atoms with Crippen LogP contribution in [0.1, 0.15) is 32.2 Å².